The van der Waals surface area contributed by atoms with Crippen molar-refractivity contribution >= 4 is 67.1 Å². The number of nitrogens with zero attached hydrogens (tertiary/aromatic N) is 3. The molecule has 1 saturated carbocycles. The highest BCUT2D eigenvalue weighted by atomic mass is 32.2. The molecule has 2 aliphatic rings. The zero-order valence-electron chi connectivity index (χ0n) is 36.7. The first kappa shape index (κ1) is 46.4. The Morgan fingerprint density at radius 3 is 2.32 bits per heavy atom. The smallest absolute Gasteiger partial charge is 0.408 e. The number of pyridine rings is 1. The third-order valence-corrected chi connectivity index (χ3v) is 12.9. The predicted molar refractivity (Wildman–Crippen MR) is 237 cm³/mol. The topological polar surface area (TPSA) is 224 Å². The second-order valence-electron chi connectivity index (χ2n) is 17.7. The van der Waals surface area contributed by atoms with Crippen molar-refractivity contribution in [3.63, 3.8) is 0 Å². The Morgan fingerprint density at radius 1 is 1.02 bits per heavy atom. The number of thiazole rings is 1. The van der Waals surface area contributed by atoms with Crippen molar-refractivity contribution in [3.8, 4) is 22.8 Å². The molecule has 3 heterocycles. The highest BCUT2D eigenvalue weighted by Gasteiger charge is 2.62. The Morgan fingerprint density at radius 2 is 1.71 bits per heavy atom. The zero-order valence-corrected chi connectivity index (χ0v) is 38.3. The second kappa shape index (κ2) is 17.6. The van der Waals surface area contributed by atoms with Gasteiger partial charge in [0.05, 0.1) is 24.9 Å². The van der Waals surface area contributed by atoms with Crippen LogP contribution in [0.4, 0.5) is 9.93 Å². The minimum atomic E-state index is -4.59. The van der Waals surface area contributed by atoms with Gasteiger partial charge < -0.3 is 35.1 Å². The van der Waals surface area contributed by atoms with E-state index in [2.05, 4.69) is 32.2 Å². The van der Waals surface area contributed by atoms with Gasteiger partial charge in [-0.05, 0) is 51.7 Å². The van der Waals surface area contributed by atoms with Crippen molar-refractivity contribution < 1.29 is 46.6 Å². The van der Waals surface area contributed by atoms with Gasteiger partial charge in [-0.15, -0.1) is 17.9 Å². The molecule has 336 valence electrons. The first-order valence-electron chi connectivity index (χ1n) is 20.2. The molecule has 63 heavy (non-hydrogen) atoms. The number of aromatic nitrogens is 2. The van der Waals surface area contributed by atoms with Crippen LogP contribution in [0.1, 0.15) is 66.2 Å². The van der Waals surface area contributed by atoms with E-state index in [1.807, 2.05) is 30.3 Å². The number of alkyl carbamates (subject to hydrolysis) is 1. The van der Waals surface area contributed by atoms with E-state index < -0.39 is 85.4 Å². The first-order valence-corrected chi connectivity index (χ1v) is 22.5. The molecule has 1 saturated heterocycles. The molecule has 5 amide bonds. The Hall–Kier alpha value is -6.08. The number of hydrogen-bond acceptors (Lipinski definition) is 13. The Labute approximate surface area is 370 Å². The molecule has 2 aromatic carbocycles. The lowest BCUT2D eigenvalue weighted by molar-refractivity contribution is -0.143. The molecule has 0 radical (unpaired) electrons. The number of carbonyl (C=O) groups is 5. The number of ether oxygens (including phenoxy) is 3. The van der Waals surface area contributed by atoms with E-state index in [1.165, 1.54) is 24.8 Å². The number of benzene rings is 2. The molecule has 6 rings (SSSR count). The van der Waals surface area contributed by atoms with Gasteiger partial charge in [-0.25, -0.2) is 19.5 Å². The van der Waals surface area contributed by atoms with Crippen LogP contribution in [0.2, 0.25) is 0 Å². The molecule has 4 aromatic rings. The fourth-order valence-electron chi connectivity index (χ4n) is 7.39. The van der Waals surface area contributed by atoms with Crippen LogP contribution >= 0.6 is 11.3 Å². The molecular formula is C44H53N7O10S2. The fourth-order valence-corrected chi connectivity index (χ4v) is 9.77. The van der Waals surface area contributed by atoms with Gasteiger partial charge in [0.15, 0.2) is 10.2 Å². The van der Waals surface area contributed by atoms with Gasteiger partial charge in [0.1, 0.15) is 40.8 Å². The van der Waals surface area contributed by atoms with E-state index >= 15 is 0 Å². The number of methoxy groups -OCH3 is 1. The van der Waals surface area contributed by atoms with E-state index in [0.29, 0.717) is 28.1 Å². The van der Waals surface area contributed by atoms with Crippen LogP contribution in [0.5, 0.6) is 11.5 Å². The summed E-state index contributed by atoms with van der Waals surface area (Å²) in [7, 11) is -3.04. The number of amides is 5. The summed E-state index contributed by atoms with van der Waals surface area (Å²) < 4.78 is 46.9. The zero-order chi connectivity index (χ0) is 46.2. The van der Waals surface area contributed by atoms with Crippen LogP contribution < -0.4 is 30.1 Å². The van der Waals surface area contributed by atoms with Crippen molar-refractivity contribution in [1.82, 2.24) is 30.2 Å². The maximum atomic E-state index is 14.8. The van der Waals surface area contributed by atoms with Crippen LogP contribution in [0.25, 0.3) is 22.2 Å². The number of fused-ring (bicyclic) bond motifs is 1. The Kier molecular flexibility index (Phi) is 13.0. The van der Waals surface area contributed by atoms with Gasteiger partial charge in [0, 0.05) is 47.2 Å². The second-order valence-corrected chi connectivity index (χ2v) is 20.5. The van der Waals surface area contributed by atoms with Crippen LogP contribution in [-0.2, 0) is 33.9 Å². The van der Waals surface area contributed by atoms with Crippen molar-refractivity contribution in [2.75, 3.05) is 19.0 Å². The van der Waals surface area contributed by atoms with E-state index in [1.54, 1.807) is 72.9 Å². The monoisotopic (exact) mass is 903 g/mol. The van der Waals surface area contributed by atoms with Crippen molar-refractivity contribution in [2.24, 2.45) is 11.3 Å². The summed E-state index contributed by atoms with van der Waals surface area (Å²) in [5, 5.41) is 8.13. The molecule has 1 unspecified atom stereocenters. The fraction of sp³-hybridized carbons (Fsp3) is 0.432. The molecule has 0 spiro atoms. The average molecular weight is 904 g/mol. The summed E-state index contributed by atoms with van der Waals surface area (Å²) in [6.07, 6.45) is -0.239. The first-order chi connectivity index (χ1) is 29.4. The summed E-state index contributed by atoms with van der Waals surface area (Å²) in [4.78, 5) is 78.6. The number of sulfonamides is 1. The number of nitrogens with one attached hydrogen (secondary N) is 4. The van der Waals surface area contributed by atoms with E-state index in [-0.39, 0.29) is 29.4 Å². The Bertz CT molecular complexity index is 2570. The summed E-state index contributed by atoms with van der Waals surface area (Å²) >= 11 is 0.915. The van der Waals surface area contributed by atoms with E-state index in [0.717, 1.165) is 16.9 Å². The molecule has 2 aromatic heterocycles. The number of carbonyl (C=O) groups excluding carboxylic acids is 5. The lowest BCUT2D eigenvalue weighted by Crippen LogP contribution is -2.60. The SMILES string of the molecule is C=CC1C[C@]1(NC(=O)[C@@H]1C[C@@H](Oc2cc(-c3ccccc3)nc3cc(OC)ccc23)CN1C(=O)[C@@H](NC(=O)OC(C)(C)C)C(C)(C)C)C(=O)NS(=O)(=O)c1nc(NC(C)=O)sc1C. The number of hydrogen-bond donors (Lipinski definition) is 4. The molecular weight excluding hydrogens is 851 g/mol. The molecule has 0 bridgehead atoms. The van der Waals surface area contributed by atoms with Gasteiger partial charge >= 0.3 is 6.09 Å². The van der Waals surface area contributed by atoms with Gasteiger partial charge in [-0.2, -0.15) is 8.42 Å². The molecule has 2 fully saturated rings. The number of anilines is 1. The summed E-state index contributed by atoms with van der Waals surface area (Å²) in [6.45, 7) is 16.8. The molecule has 1 aliphatic heterocycles. The van der Waals surface area contributed by atoms with Crippen LogP contribution in [-0.4, -0.2) is 96.0 Å². The third kappa shape index (κ3) is 10.4. The average Bonchev–Trinajstić information content (AvgIpc) is 3.53. The van der Waals surface area contributed by atoms with E-state index in [9.17, 15) is 32.4 Å². The van der Waals surface area contributed by atoms with Gasteiger partial charge in [0.25, 0.3) is 15.9 Å². The highest BCUT2D eigenvalue weighted by molar-refractivity contribution is 7.90. The highest BCUT2D eigenvalue weighted by Crippen LogP contribution is 2.45. The summed E-state index contributed by atoms with van der Waals surface area (Å²) in [5.74, 6) is -2.54. The third-order valence-electron chi connectivity index (χ3n) is 10.5. The van der Waals surface area contributed by atoms with Crippen molar-refractivity contribution in [3.05, 3.63) is 72.1 Å². The molecule has 19 heteroatoms. The minimum Gasteiger partial charge on any atom is -0.497 e. The van der Waals surface area contributed by atoms with Crippen LogP contribution in [0.15, 0.2) is 72.3 Å². The molecule has 17 nitrogen and oxygen atoms in total. The number of rotatable bonds is 13. The predicted octanol–water partition coefficient (Wildman–Crippen LogP) is 5.49. The quantitative estimate of drug-likeness (QED) is 0.122. The lowest BCUT2D eigenvalue weighted by atomic mass is 9.85. The molecule has 4 N–H and O–H groups in total. The normalized spacial score (nSPS) is 20.3. The number of likely N-dealkylation sites (tertiary alicyclic amines) is 1. The minimum absolute atomic E-state index is 0.0108. The maximum absolute atomic E-state index is 14.8. The van der Waals surface area contributed by atoms with Gasteiger partial charge in [-0.3, -0.25) is 19.2 Å². The van der Waals surface area contributed by atoms with Gasteiger partial charge in [0.2, 0.25) is 17.7 Å². The molecule has 5 atom stereocenters. The summed E-state index contributed by atoms with van der Waals surface area (Å²) in [6, 6.07) is 14.2. The standard InChI is InChI=1S/C44H53N7O10S2/c1-11-27-22-44(27,39(55)50-63(57,58)37-24(2)62-40(48-37)45-25(3)52)49-36(53)33-20-29(23-51(33)38(54)35(42(4,5)6)47-41(56)61-43(7,8)9)60-34-21-31(26-15-13-12-14-16-26)46-32-19-28(59-10)17-18-30(32)34/h11-19,21,27,29,33,35H,1,20,22-23H2,2-10H3,(H,47,56)(H,49,53)(H,50,55)(H,45,48,52)/t27?,29-,33+,35-,44-/m1/s1. The van der Waals surface area contributed by atoms with Crippen molar-refractivity contribution in [1.29, 1.82) is 0 Å². The number of aryl methyl sites for hydroxylation is 1. The van der Waals surface area contributed by atoms with E-state index in [4.69, 9.17) is 19.2 Å². The Balaban J connectivity index is 1.34. The van der Waals surface area contributed by atoms with Crippen LogP contribution in [0.3, 0.4) is 0 Å². The lowest BCUT2D eigenvalue weighted by Gasteiger charge is -2.36. The summed E-state index contributed by atoms with van der Waals surface area (Å²) in [5.41, 5.74) is -1.52. The van der Waals surface area contributed by atoms with Gasteiger partial charge in [-0.1, -0.05) is 57.2 Å². The van der Waals surface area contributed by atoms with Crippen molar-refractivity contribution in [2.45, 2.75) is 103 Å². The molecule has 1 aliphatic carbocycles. The van der Waals surface area contributed by atoms with Crippen LogP contribution in [0, 0.1) is 18.3 Å². The largest absolute Gasteiger partial charge is 0.497 e. The maximum Gasteiger partial charge on any atom is 0.408 e.